The Kier molecular flexibility index (Phi) is 24.5. The standard InChI is InChI=1S/C23H24ClF3N4O4.C22H22ClF3N4O2.C13H6ClF3N2O3.C10H20N2O2.CH4/c1-22(2,3)35-21(33)28-15-4-7-30(8-5-15)20(32)17-18(24)31-11-14(13-6-9-34-12-13)10-16(19(31)29-17)23(25,26)27;23-19-18(21(31)29-6-3-16(4-7-29)27-10-13-1-2-13)28-20-17(22(24,25)26)9-15(11-30(19)20)14-5-8-32-12-14;14-10-9(12(20)21)18-11-8(13(15,16)17)3-7(4-19(10)11)6-1-2-22-5-6;1-10(2,3)14-9(13)12-8-4-6-11-7-5-8;/h6,9-12,15H,4-5,7-8H2,1-3H3,(H,28,33);5,8-9,11-13,16,27H,1-4,6-7,10H2;1-5H,(H,20,21);8,11H,4-7H2,1-3H3,(H,12,13);1H4. The molecule has 0 radical (unpaired) electrons. The molecule has 104 heavy (non-hydrogen) atoms. The van der Waals surface area contributed by atoms with E-state index in [1.54, 1.807) is 31.7 Å². The van der Waals surface area contributed by atoms with Crippen LogP contribution in [0.4, 0.5) is 49.1 Å². The molecule has 9 aromatic rings. The summed E-state index contributed by atoms with van der Waals surface area (Å²) in [5.41, 5.74) is -4.64. The van der Waals surface area contributed by atoms with Crippen LogP contribution < -0.4 is 21.3 Å². The molecule has 0 spiro atoms. The highest BCUT2D eigenvalue weighted by atomic mass is 35.5. The number of alkyl carbamates (subject to hydrolysis) is 2. The average molecular weight is 1530 g/mol. The Bertz CT molecular complexity index is 4480. The summed E-state index contributed by atoms with van der Waals surface area (Å²) in [6.07, 6.45) is 4.13. The Morgan fingerprint density at radius 3 is 1.14 bits per heavy atom. The van der Waals surface area contributed by atoms with Crippen molar-refractivity contribution in [2.24, 2.45) is 5.92 Å². The molecule has 3 saturated heterocycles. The number of aromatic nitrogens is 6. The van der Waals surface area contributed by atoms with Crippen LogP contribution in [-0.4, -0.2) is 148 Å². The van der Waals surface area contributed by atoms with Gasteiger partial charge in [0.1, 0.15) is 26.7 Å². The van der Waals surface area contributed by atoms with Gasteiger partial charge in [-0.05, 0) is 155 Å². The zero-order valence-corrected chi connectivity index (χ0v) is 58.5. The van der Waals surface area contributed by atoms with Crippen LogP contribution in [0.15, 0.2) is 106 Å². The van der Waals surface area contributed by atoms with Gasteiger partial charge >= 0.3 is 36.7 Å². The van der Waals surface area contributed by atoms with Crippen molar-refractivity contribution in [1.82, 2.24) is 59.2 Å². The third-order valence-electron chi connectivity index (χ3n) is 16.8. The monoisotopic (exact) mass is 1520 g/mol. The van der Waals surface area contributed by atoms with Crippen LogP contribution in [0.3, 0.4) is 0 Å². The van der Waals surface area contributed by atoms with Crippen LogP contribution in [-0.2, 0) is 28.0 Å². The number of hydrogen-bond acceptors (Lipinski definition) is 15. The number of likely N-dealkylation sites (tertiary alicyclic amines) is 2. The molecule has 23 nitrogen and oxygen atoms in total. The highest BCUT2D eigenvalue weighted by molar-refractivity contribution is 6.34. The second kappa shape index (κ2) is 32.2. The fraction of sp³-hybridized carbons (Fsp3) is 0.449. The zero-order chi connectivity index (χ0) is 74.7. The highest BCUT2D eigenvalue weighted by Crippen LogP contribution is 2.41. The second-order valence-electron chi connectivity index (χ2n) is 26.9. The lowest BCUT2D eigenvalue weighted by molar-refractivity contribution is -0.137. The summed E-state index contributed by atoms with van der Waals surface area (Å²) in [5.74, 6) is -1.75. The third kappa shape index (κ3) is 19.7. The van der Waals surface area contributed by atoms with Crippen LogP contribution >= 0.6 is 34.8 Å². The van der Waals surface area contributed by atoms with Gasteiger partial charge in [0.2, 0.25) is 0 Å². The number of fused-ring (bicyclic) bond motifs is 3. The number of rotatable bonds is 11. The van der Waals surface area contributed by atoms with E-state index in [1.807, 2.05) is 20.8 Å². The molecule has 0 unspecified atom stereocenters. The first-order valence-corrected chi connectivity index (χ1v) is 33.7. The van der Waals surface area contributed by atoms with Crippen molar-refractivity contribution in [3.05, 3.63) is 142 Å². The number of nitrogens with one attached hydrogen (secondary N) is 4. The molecule has 562 valence electrons. The normalized spacial score (nSPS) is 15.8. The molecule has 13 rings (SSSR count). The Labute approximate surface area is 604 Å². The van der Waals surface area contributed by atoms with Crippen molar-refractivity contribution in [2.75, 3.05) is 45.8 Å². The molecule has 4 aliphatic rings. The Morgan fingerprint density at radius 2 is 0.837 bits per heavy atom. The molecule has 12 heterocycles. The van der Waals surface area contributed by atoms with Gasteiger partial charge in [-0.2, -0.15) is 39.5 Å². The first-order valence-electron chi connectivity index (χ1n) is 32.6. The Balaban J connectivity index is 0.000000168. The van der Waals surface area contributed by atoms with Gasteiger partial charge in [0.25, 0.3) is 11.8 Å². The van der Waals surface area contributed by atoms with E-state index in [2.05, 4.69) is 36.2 Å². The molecule has 1 saturated carbocycles. The van der Waals surface area contributed by atoms with Gasteiger partial charge < -0.3 is 58.9 Å². The molecular formula is C69H76Cl3F9N12O11. The minimum atomic E-state index is -4.72. The molecule has 3 aliphatic heterocycles. The van der Waals surface area contributed by atoms with Crippen LogP contribution in [0, 0.1) is 5.92 Å². The Morgan fingerprint density at radius 1 is 0.510 bits per heavy atom. The maximum absolute atomic E-state index is 13.8. The number of carboxylic acid groups (broad SMARTS) is 1. The Hall–Kier alpha value is -8.98. The predicted octanol–water partition coefficient (Wildman–Crippen LogP) is 16.1. The summed E-state index contributed by atoms with van der Waals surface area (Å²) in [7, 11) is 0. The van der Waals surface area contributed by atoms with Crippen molar-refractivity contribution in [2.45, 2.75) is 148 Å². The molecule has 0 atom stereocenters. The molecule has 0 bridgehead atoms. The van der Waals surface area contributed by atoms with E-state index in [1.165, 1.54) is 86.0 Å². The summed E-state index contributed by atoms with van der Waals surface area (Å²) in [5, 5.41) is 20.6. The summed E-state index contributed by atoms with van der Waals surface area (Å²) in [6, 6.07) is 7.80. The molecule has 0 aromatic carbocycles. The molecular weight excluding hydrogens is 1450 g/mol. The second-order valence-corrected chi connectivity index (χ2v) is 28.0. The molecule has 5 N–H and O–H groups in total. The number of furan rings is 3. The first-order chi connectivity index (χ1) is 48.4. The quantitative estimate of drug-likeness (QED) is 0.0753. The van der Waals surface area contributed by atoms with E-state index in [0.717, 1.165) is 82.6 Å². The van der Waals surface area contributed by atoms with E-state index in [0.29, 0.717) is 48.7 Å². The fourth-order valence-electron chi connectivity index (χ4n) is 11.5. The lowest BCUT2D eigenvalue weighted by Crippen LogP contribution is -2.47. The minimum Gasteiger partial charge on any atom is -0.476 e. The number of pyridine rings is 3. The van der Waals surface area contributed by atoms with Crippen LogP contribution in [0.25, 0.3) is 50.3 Å². The largest absolute Gasteiger partial charge is 0.476 e. The highest BCUT2D eigenvalue weighted by Gasteiger charge is 2.41. The van der Waals surface area contributed by atoms with Gasteiger partial charge in [0.05, 0.1) is 54.3 Å². The number of alkyl halides is 9. The molecule has 35 heteroatoms. The lowest BCUT2D eigenvalue weighted by atomic mass is 10.0. The van der Waals surface area contributed by atoms with Gasteiger partial charge in [0.15, 0.2) is 34.0 Å². The lowest BCUT2D eigenvalue weighted by Gasteiger charge is -2.32. The zero-order valence-electron chi connectivity index (χ0n) is 56.2. The number of carbonyl (C=O) groups is 5. The smallest absolute Gasteiger partial charge is 0.420 e. The number of aromatic carboxylic acids is 1. The van der Waals surface area contributed by atoms with Crippen LogP contribution in [0.2, 0.25) is 15.5 Å². The molecule has 1 aliphatic carbocycles. The van der Waals surface area contributed by atoms with Gasteiger partial charge in [0, 0.05) is 96.3 Å². The summed E-state index contributed by atoms with van der Waals surface area (Å²) in [4.78, 5) is 75.2. The molecule has 4 fully saturated rings. The SMILES string of the molecule is C.CC(C)(C)OC(=O)NC1CCN(C(=O)c2nc3c(C(F)(F)F)cc(-c4ccoc4)cn3c2Cl)CC1.CC(C)(C)OC(=O)NC1CCNCC1.O=C(O)c1nc2c(C(F)(F)F)cc(-c3ccoc3)cn2c1Cl.O=C(c1nc2c(C(F)(F)F)cc(-c3ccoc3)cn2c1Cl)N1CCC(NCC2CC2)CC1. The summed E-state index contributed by atoms with van der Waals surface area (Å²) in [6.45, 7) is 15.4. The van der Waals surface area contributed by atoms with Gasteiger partial charge in [-0.25, -0.2) is 29.3 Å². The number of amides is 4. The molecule has 9 aromatic heterocycles. The van der Waals surface area contributed by atoms with Crippen LogP contribution in [0.1, 0.15) is 148 Å². The maximum atomic E-state index is 13.8. The van der Waals surface area contributed by atoms with E-state index < -0.39 is 92.4 Å². The van der Waals surface area contributed by atoms with Gasteiger partial charge in [-0.1, -0.05) is 42.2 Å². The van der Waals surface area contributed by atoms with Crippen molar-refractivity contribution < 1.29 is 91.3 Å². The topological polar surface area (TPSA) is 270 Å². The molecule has 4 amide bonds. The van der Waals surface area contributed by atoms with Crippen molar-refractivity contribution in [3.63, 3.8) is 0 Å². The number of ether oxygens (including phenoxy) is 2. The number of halogens is 12. The fourth-order valence-corrected chi connectivity index (χ4v) is 12.3. The average Bonchev–Trinajstić information content (AvgIpc) is 1.61. The van der Waals surface area contributed by atoms with E-state index in [-0.39, 0.29) is 82.7 Å². The summed E-state index contributed by atoms with van der Waals surface area (Å²) < 4.78 is 151. The van der Waals surface area contributed by atoms with E-state index >= 15 is 0 Å². The maximum Gasteiger partial charge on any atom is 0.420 e. The number of hydrogen-bond donors (Lipinski definition) is 5. The van der Waals surface area contributed by atoms with Gasteiger partial charge in [-0.3, -0.25) is 22.8 Å². The third-order valence-corrected chi connectivity index (χ3v) is 17.9. The predicted molar refractivity (Wildman–Crippen MR) is 366 cm³/mol. The minimum absolute atomic E-state index is 0. The van der Waals surface area contributed by atoms with Crippen molar-refractivity contribution >= 4 is 81.7 Å². The van der Waals surface area contributed by atoms with Crippen LogP contribution in [0.5, 0.6) is 0 Å². The number of carboxylic acids is 1. The first kappa shape index (κ1) is 79.1. The van der Waals surface area contributed by atoms with E-state index in [9.17, 15) is 63.5 Å². The number of nitrogens with zero attached hydrogens (tertiary/aromatic N) is 8. The number of piperidine rings is 3. The van der Waals surface area contributed by atoms with E-state index in [4.69, 9.17) is 62.6 Å². The number of carbonyl (C=O) groups excluding carboxylic acids is 4. The van der Waals surface area contributed by atoms with Crippen molar-refractivity contribution in [3.8, 4) is 33.4 Å². The van der Waals surface area contributed by atoms with Gasteiger partial charge in [-0.15, -0.1) is 0 Å². The summed E-state index contributed by atoms with van der Waals surface area (Å²) >= 11 is 18.6. The number of imidazole rings is 3. The van der Waals surface area contributed by atoms with Crippen molar-refractivity contribution in [1.29, 1.82) is 0 Å².